The molecule has 4 rings (SSSR count). The van der Waals surface area contributed by atoms with Crippen LogP contribution in [0.25, 0.3) is 6.08 Å². The molecule has 0 bridgehead atoms. The molecule has 0 atom stereocenters. The number of hydrogen-bond acceptors (Lipinski definition) is 6. The predicted molar refractivity (Wildman–Crippen MR) is 139 cm³/mol. The van der Waals surface area contributed by atoms with Gasteiger partial charge in [0.05, 0.1) is 31.7 Å². The number of esters is 2. The van der Waals surface area contributed by atoms with E-state index in [2.05, 4.69) is 20.9 Å². The SMILES string of the molecule is CCOc1cc(/C=C2\N=C(c3ccc(Cl)c(Cl)c3)OC2=O)cc(Br)c1OC(=O)c1ccccc1Cl. The summed E-state index contributed by atoms with van der Waals surface area (Å²) in [5, 5.41) is 0.954. The van der Waals surface area contributed by atoms with Crippen molar-refractivity contribution in [1.82, 2.24) is 0 Å². The molecule has 0 saturated heterocycles. The van der Waals surface area contributed by atoms with Crippen molar-refractivity contribution in [3.63, 3.8) is 0 Å². The molecular weight excluding hydrogens is 581 g/mol. The van der Waals surface area contributed by atoms with Gasteiger partial charge < -0.3 is 14.2 Å². The Morgan fingerprint density at radius 2 is 1.83 bits per heavy atom. The van der Waals surface area contributed by atoms with Crippen LogP contribution in [0.4, 0.5) is 0 Å². The molecule has 0 radical (unpaired) electrons. The quantitative estimate of drug-likeness (QED) is 0.169. The lowest BCUT2D eigenvalue weighted by Gasteiger charge is -2.14. The second-order valence-electron chi connectivity index (χ2n) is 7.10. The first-order valence-electron chi connectivity index (χ1n) is 10.2. The Labute approximate surface area is 224 Å². The molecule has 0 unspecified atom stereocenters. The van der Waals surface area contributed by atoms with E-state index in [-0.39, 0.29) is 33.7 Å². The Hall–Kier alpha value is -2.84. The zero-order valence-corrected chi connectivity index (χ0v) is 21.8. The number of benzene rings is 3. The maximum Gasteiger partial charge on any atom is 0.363 e. The first kappa shape index (κ1) is 25.3. The number of rotatable bonds is 6. The van der Waals surface area contributed by atoms with Gasteiger partial charge in [-0.15, -0.1) is 0 Å². The molecule has 6 nitrogen and oxygen atoms in total. The molecule has 1 aliphatic heterocycles. The van der Waals surface area contributed by atoms with Crippen molar-refractivity contribution in [2.45, 2.75) is 6.92 Å². The zero-order valence-electron chi connectivity index (χ0n) is 18.0. The van der Waals surface area contributed by atoms with Crippen molar-refractivity contribution in [2.24, 2.45) is 4.99 Å². The second kappa shape index (κ2) is 10.8. The number of halogens is 4. The van der Waals surface area contributed by atoms with Crippen LogP contribution in [0.15, 0.2) is 69.8 Å². The third-order valence-corrected chi connectivity index (χ3v) is 6.37. The number of hydrogen-bond donors (Lipinski definition) is 0. The minimum absolute atomic E-state index is 0.0706. The average molecular weight is 596 g/mol. The van der Waals surface area contributed by atoms with Crippen LogP contribution in [0.5, 0.6) is 11.5 Å². The zero-order chi connectivity index (χ0) is 25.1. The van der Waals surface area contributed by atoms with Crippen LogP contribution in [0.1, 0.15) is 28.4 Å². The van der Waals surface area contributed by atoms with E-state index < -0.39 is 11.9 Å². The van der Waals surface area contributed by atoms with Crippen molar-refractivity contribution in [2.75, 3.05) is 6.61 Å². The lowest BCUT2D eigenvalue weighted by atomic mass is 10.1. The summed E-state index contributed by atoms with van der Waals surface area (Å²) < 4.78 is 17.0. The Morgan fingerprint density at radius 3 is 2.54 bits per heavy atom. The molecule has 0 spiro atoms. The molecule has 10 heteroatoms. The van der Waals surface area contributed by atoms with Gasteiger partial charge in [0, 0.05) is 5.56 Å². The molecule has 3 aromatic carbocycles. The van der Waals surface area contributed by atoms with Crippen LogP contribution in [-0.4, -0.2) is 24.4 Å². The summed E-state index contributed by atoms with van der Waals surface area (Å²) in [5.41, 5.74) is 1.35. The van der Waals surface area contributed by atoms with Gasteiger partial charge in [-0.1, -0.05) is 46.9 Å². The van der Waals surface area contributed by atoms with Gasteiger partial charge in [-0.25, -0.2) is 14.6 Å². The normalized spacial score (nSPS) is 14.0. The molecule has 3 aromatic rings. The van der Waals surface area contributed by atoms with Gasteiger partial charge >= 0.3 is 11.9 Å². The summed E-state index contributed by atoms with van der Waals surface area (Å²) in [4.78, 5) is 29.4. The monoisotopic (exact) mass is 593 g/mol. The topological polar surface area (TPSA) is 74.2 Å². The van der Waals surface area contributed by atoms with Gasteiger partial charge in [0.2, 0.25) is 5.90 Å². The summed E-state index contributed by atoms with van der Waals surface area (Å²) in [5.74, 6) is -0.704. The summed E-state index contributed by atoms with van der Waals surface area (Å²) in [6, 6.07) is 14.6. The molecule has 178 valence electrons. The number of nitrogens with zero attached hydrogens (tertiary/aromatic N) is 1. The number of ether oxygens (including phenoxy) is 3. The van der Waals surface area contributed by atoms with Crippen LogP contribution in [0.3, 0.4) is 0 Å². The Morgan fingerprint density at radius 1 is 1.06 bits per heavy atom. The summed E-state index contributed by atoms with van der Waals surface area (Å²) in [6.45, 7) is 2.10. The lowest BCUT2D eigenvalue weighted by Crippen LogP contribution is -2.11. The van der Waals surface area contributed by atoms with Crippen molar-refractivity contribution < 1.29 is 23.8 Å². The highest BCUT2D eigenvalue weighted by atomic mass is 79.9. The van der Waals surface area contributed by atoms with E-state index in [1.807, 2.05) is 0 Å². The summed E-state index contributed by atoms with van der Waals surface area (Å²) in [7, 11) is 0. The van der Waals surface area contributed by atoms with E-state index in [9.17, 15) is 9.59 Å². The van der Waals surface area contributed by atoms with Gasteiger partial charge in [-0.2, -0.15) is 0 Å². The number of cyclic esters (lactones) is 1. The van der Waals surface area contributed by atoms with Crippen LogP contribution in [0.2, 0.25) is 15.1 Å². The molecule has 0 aliphatic carbocycles. The fourth-order valence-corrected chi connectivity index (χ4v) is 4.18. The number of carbonyl (C=O) groups is 2. The van der Waals surface area contributed by atoms with Gasteiger partial charge in [-0.3, -0.25) is 0 Å². The van der Waals surface area contributed by atoms with E-state index in [1.54, 1.807) is 61.5 Å². The number of carbonyl (C=O) groups excluding carboxylic acids is 2. The standard InChI is InChI=1S/C25H15BrCl3NO5/c1-2-33-21-11-13(9-16(26)22(21)34-24(31)15-5-3-4-6-17(15)27)10-20-25(32)35-23(30-20)14-7-8-18(28)19(29)12-14/h3-12H,2H2,1H3/b20-10-. The Balaban J connectivity index is 1.66. The minimum atomic E-state index is -0.640. The van der Waals surface area contributed by atoms with Gasteiger partial charge in [-0.05, 0) is 77.0 Å². The molecule has 0 aromatic heterocycles. The van der Waals surface area contributed by atoms with Crippen LogP contribution in [0, 0.1) is 0 Å². The molecule has 0 fully saturated rings. The highest BCUT2D eigenvalue weighted by molar-refractivity contribution is 9.10. The van der Waals surface area contributed by atoms with Crippen molar-refractivity contribution in [3.8, 4) is 11.5 Å². The average Bonchev–Trinajstić information content (AvgIpc) is 3.18. The summed E-state index contributed by atoms with van der Waals surface area (Å²) in [6.07, 6.45) is 1.53. The highest BCUT2D eigenvalue weighted by Crippen LogP contribution is 2.39. The summed E-state index contributed by atoms with van der Waals surface area (Å²) >= 11 is 21.5. The fraction of sp³-hybridized carbons (Fsp3) is 0.0800. The van der Waals surface area contributed by atoms with E-state index in [0.717, 1.165) is 0 Å². The van der Waals surface area contributed by atoms with E-state index in [0.29, 0.717) is 32.3 Å². The van der Waals surface area contributed by atoms with Gasteiger partial charge in [0.25, 0.3) is 0 Å². The van der Waals surface area contributed by atoms with Crippen molar-refractivity contribution in [3.05, 3.63) is 96.5 Å². The smallest absolute Gasteiger partial charge is 0.363 e. The highest BCUT2D eigenvalue weighted by Gasteiger charge is 2.25. The first-order chi connectivity index (χ1) is 16.8. The maximum atomic E-state index is 12.7. The van der Waals surface area contributed by atoms with Crippen molar-refractivity contribution >= 4 is 74.6 Å². The minimum Gasteiger partial charge on any atom is -0.490 e. The van der Waals surface area contributed by atoms with Crippen LogP contribution in [-0.2, 0) is 9.53 Å². The van der Waals surface area contributed by atoms with Gasteiger partial charge in [0.15, 0.2) is 17.2 Å². The number of aliphatic imine (C=N–C) groups is 1. The van der Waals surface area contributed by atoms with Crippen LogP contribution < -0.4 is 9.47 Å². The molecule has 1 aliphatic rings. The van der Waals surface area contributed by atoms with E-state index in [4.69, 9.17) is 49.0 Å². The molecule has 1 heterocycles. The van der Waals surface area contributed by atoms with Crippen LogP contribution >= 0.6 is 50.7 Å². The fourth-order valence-electron chi connectivity index (χ4n) is 3.13. The predicted octanol–water partition coefficient (Wildman–Crippen LogP) is 7.37. The second-order valence-corrected chi connectivity index (χ2v) is 9.17. The molecule has 0 N–H and O–H groups in total. The maximum absolute atomic E-state index is 12.7. The lowest BCUT2D eigenvalue weighted by molar-refractivity contribution is -0.129. The molecule has 0 amide bonds. The molecular formula is C25H15BrCl3NO5. The molecule has 0 saturated carbocycles. The van der Waals surface area contributed by atoms with E-state index in [1.165, 1.54) is 6.08 Å². The third kappa shape index (κ3) is 5.70. The Kier molecular flexibility index (Phi) is 7.82. The van der Waals surface area contributed by atoms with E-state index >= 15 is 0 Å². The third-order valence-electron chi connectivity index (χ3n) is 4.71. The van der Waals surface area contributed by atoms with Crippen molar-refractivity contribution in [1.29, 1.82) is 0 Å². The Bertz CT molecular complexity index is 1400. The first-order valence-corrected chi connectivity index (χ1v) is 12.1. The largest absolute Gasteiger partial charge is 0.490 e. The molecule has 35 heavy (non-hydrogen) atoms. The van der Waals surface area contributed by atoms with Gasteiger partial charge in [0.1, 0.15) is 0 Å².